The van der Waals surface area contributed by atoms with Gasteiger partial charge in [-0.25, -0.2) is 8.78 Å². The normalized spacial score (nSPS) is 17.2. The van der Waals surface area contributed by atoms with Crippen molar-refractivity contribution < 1.29 is 8.78 Å². The summed E-state index contributed by atoms with van der Waals surface area (Å²) in [5.74, 6) is 0. The second kappa shape index (κ2) is 4.91. The number of fused-ring (bicyclic) bond motifs is 1. The van der Waals surface area contributed by atoms with Crippen LogP contribution < -0.4 is 0 Å². The molecule has 0 amide bonds. The summed E-state index contributed by atoms with van der Waals surface area (Å²) in [6.07, 6.45) is -0.436. The van der Waals surface area contributed by atoms with Crippen LogP contribution in [0.3, 0.4) is 0 Å². The van der Waals surface area contributed by atoms with E-state index in [0.717, 1.165) is 25.9 Å². The van der Waals surface area contributed by atoms with Crippen LogP contribution in [0.25, 0.3) is 0 Å². The Morgan fingerprint density at radius 2 is 1.88 bits per heavy atom. The van der Waals surface area contributed by atoms with Gasteiger partial charge in [0.2, 0.25) is 0 Å². The second-order valence-corrected chi connectivity index (χ2v) is 4.46. The molecule has 0 aromatic heterocycles. The number of rotatable bonds is 2. The highest BCUT2D eigenvalue weighted by Crippen LogP contribution is 2.17. The summed E-state index contributed by atoms with van der Waals surface area (Å²) in [6.45, 7) is 3.48. The lowest BCUT2D eigenvalue weighted by Gasteiger charge is -2.18. The molecule has 1 nitrogen and oxygen atoms in total. The van der Waals surface area contributed by atoms with Crippen LogP contribution in [0.1, 0.15) is 16.7 Å². The number of halogens is 2. The Kier molecular flexibility index (Phi) is 3.54. The molecular formula is C13H17F2N. The molecule has 0 aliphatic carbocycles. The summed E-state index contributed by atoms with van der Waals surface area (Å²) < 4.78 is 24.6. The van der Waals surface area contributed by atoms with Crippen LogP contribution in [0.5, 0.6) is 0 Å². The monoisotopic (exact) mass is 225 g/mol. The van der Waals surface area contributed by atoms with E-state index in [1.807, 2.05) is 4.90 Å². The Morgan fingerprint density at radius 3 is 2.56 bits per heavy atom. The van der Waals surface area contributed by atoms with Crippen LogP contribution in [-0.2, 0) is 12.8 Å². The first kappa shape index (κ1) is 11.5. The smallest absolute Gasteiger partial charge is 0.251 e. The second-order valence-electron chi connectivity index (χ2n) is 4.46. The van der Waals surface area contributed by atoms with Crippen molar-refractivity contribution in [2.24, 2.45) is 0 Å². The van der Waals surface area contributed by atoms with Crippen LogP contribution in [-0.4, -0.2) is 31.0 Å². The molecule has 0 radical (unpaired) electrons. The first-order valence-electron chi connectivity index (χ1n) is 5.74. The summed E-state index contributed by atoms with van der Waals surface area (Å²) in [5.41, 5.74) is 3.90. The van der Waals surface area contributed by atoms with Gasteiger partial charge < -0.3 is 0 Å². The number of benzene rings is 1. The molecule has 1 aliphatic heterocycles. The number of alkyl halides is 2. The van der Waals surface area contributed by atoms with Gasteiger partial charge in [0.1, 0.15) is 0 Å². The maximum absolute atomic E-state index is 12.3. The first-order chi connectivity index (χ1) is 7.65. The minimum atomic E-state index is -2.22. The van der Waals surface area contributed by atoms with Crippen LogP contribution in [0.15, 0.2) is 18.2 Å². The van der Waals surface area contributed by atoms with Crippen molar-refractivity contribution in [2.45, 2.75) is 26.2 Å². The van der Waals surface area contributed by atoms with Crippen molar-refractivity contribution in [1.82, 2.24) is 4.90 Å². The molecule has 16 heavy (non-hydrogen) atoms. The van der Waals surface area contributed by atoms with Crippen molar-refractivity contribution in [3.8, 4) is 0 Å². The van der Waals surface area contributed by atoms with E-state index in [2.05, 4.69) is 25.1 Å². The topological polar surface area (TPSA) is 3.24 Å². The molecule has 1 aromatic rings. The van der Waals surface area contributed by atoms with Gasteiger partial charge in [-0.05, 0) is 30.9 Å². The van der Waals surface area contributed by atoms with Gasteiger partial charge in [0.05, 0.1) is 6.54 Å². The van der Waals surface area contributed by atoms with Crippen molar-refractivity contribution in [3.63, 3.8) is 0 Å². The Labute approximate surface area is 95.1 Å². The fourth-order valence-electron chi connectivity index (χ4n) is 2.28. The van der Waals surface area contributed by atoms with Gasteiger partial charge in [-0.2, -0.15) is 0 Å². The molecule has 0 saturated carbocycles. The summed E-state index contributed by atoms with van der Waals surface area (Å²) in [4.78, 5) is 1.86. The van der Waals surface area contributed by atoms with Gasteiger partial charge in [0.25, 0.3) is 6.43 Å². The first-order valence-corrected chi connectivity index (χ1v) is 5.74. The number of hydrogen-bond acceptors (Lipinski definition) is 1. The predicted molar refractivity (Wildman–Crippen MR) is 61.0 cm³/mol. The van der Waals surface area contributed by atoms with E-state index in [9.17, 15) is 8.78 Å². The molecule has 0 saturated heterocycles. The van der Waals surface area contributed by atoms with Gasteiger partial charge in [-0.1, -0.05) is 23.8 Å². The highest BCUT2D eigenvalue weighted by molar-refractivity contribution is 5.32. The maximum Gasteiger partial charge on any atom is 0.251 e. The van der Waals surface area contributed by atoms with E-state index in [1.165, 1.54) is 16.7 Å². The Balaban J connectivity index is 2.07. The summed E-state index contributed by atoms with van der Waals surface area (Å²) in [6, 6.07) is 6.42. The molecule has 0 unspecified atom stereocenters. The van der Waals surface area contributed by atoms with Gasteiger partial charge in [0, 0.05) is 13.1 Å². The molecule has 1 heterocycles. The lowest BCUT2D eigenvalue weighted by molar-refractivity contribution is 0.0904. The maximum atomic E-state index is 12.3. The zero-order chi connectivity index (χ0) is 11.5. The van der Waals surface area contributed by atoms with E-state index in [1.54, 1.807) is 0 Å². The van der Waals surface area contributed by atoms with Gasteiger partial charge in [0.15, 0.2) is 0 Å². The average molecular weight is 225 g/mol. The van der Waals surface area contributed by atoms with Crippen LogP contribution >= 0.6 is 0 Å². The molecule has 3 heteroatoms. The third-order valence-corrected chi connectivity index (χ3v) is 3.15. The fourth-order valence-corrected chi connectivity index (χ4v) is 2.28. The van der Waals surface area contributed by atoms with Crippen molar-refractivity contribution >= 4 is 0 Å². The lowest BCUT2D eigenvalue weighted by atomic mass is 10.0. The Hall–Kier alpha value is -0.960. The zero-order valence-corrected chi connectivity index (χ0v) is 9.55. The van der Waals surface area contributed by atoms with E-state index in [-0.39, 0.29) is 6.54 Å². The molecule has 1 aliphatic rings. The molecule has 88 valence electrons. The van der Waals surface area contributed by atoms with Crippen molar-refractivity contribution in [1.29, 1.82) is 0 Å². The van der Waals surface area contributed by atoms with Crippen LogP contribution in [0, 0.1) is 6.92 Å². The zero-order valence-electron chi connectivity index (χ0n) is 9.55. The van der Waals surface area contributed by atoms with Crippen LogP contribution in [0.4, 0.5) is 8.78 Å². The number of aryl methyl sites for hydroxylation is 1. The molecule has 1 aromatic carbocycles. The highest BCUT2D eigenvalue weighted by Gasteiger charge is 2.16. The van der Waals surface area contributed by atoms with Crippen molar-refractivity contribution in [2.75, 3.05) is 19.6 Å². The van der Waals surface area contributed by atoms with Crippen molar-refractivity contribution in [3.05, 3.63) is 34.9 Å². The molecular weight excluding hydrogens is 208 g/mol. The molecule has 0 fully saturated rings. The molecule has 0 spiro atoms. The average Bonchev–Trinajstić information content (AvgIpc) is 2.40. The van der Waals surface area contributed by atoms with E-state index < -0.39 is 6.43 Å². The largest absolute Gasteiger partial charge is 0.297 e. The Morgan fingerprint density at radius 1 is 1.19 bits per heavy atom. The molecule has 2 rings (SSSR count). The summed E-state index contributed by atoms with van der Waals surface area (Å²) in [7, 11) is 0. The summed E-state index contributed by atoms with van der Waals surface area (Å²) in [5, 5.41) is 0. The third kappa shape index (κ3) is 2.79. The minimum Gasteiger partial charge on any atom is -0.297 e. The highest BCUT2D eigenvalue weighted by atomic mass is 19.3. The van der Waals surface area contributed by atoms with Gasteiger partial charge in [-0.3, -0.25) is 4.90 Å². The SMILES string of the molecule is Cc1ccc2c(c1)CCN(CC(F)F)CC2. The fraction of sp³-hybridized carbons (Fsp3) is 0.538. The summed E-state index contributed by atoms with van der Waals surface area (Å²) >= 11 is 0. The quantitative estimate of drug-likeness (QED) is 0.748. The lowest BCUT2D eigenvalue weighted by Crippen LogP contribution is -2.31. The van der Waals surface area contributed by atoms with Crippen LogP contribution in [0.2, 0.25) is 0 Å². The standard InChI is InChI=1S/C13H17F2N/c1-10-2-3-11-4-6-16(9-13(14)15)7-5-12(11)8-10/h2-3,8,13H,4-7,9H2,1H3. The molecule has 0 N–H and O–H groups in total. The number of hydrogen-bond donors (Lipinski definition) is 0. The molecule has 0 bridgehead atoms. The van der Waals surface area contributed by atoms with E-state index >= 15 is 0 Å². The van der Waals surface area contributed by atoms with E-state index in [0.29, 0.717) is 0 Å². The number of nitrogens with zero attached hydrogens (tertiary/aromatic N) is 1. The van der Waals surface area contributed by atoms with Gasteiger partial charge >= 0.3 is 0 Å². The van der Waals surface area contributed by atoms with Gasteiger partial charge in [-0.15, -0.1) is 0 Å². The predicted octanol–water partition coefficient (Wildman–Crippen LogP) is 2.66. The minimum absolute atomic E-state index is 0.0903. The third-order valence-electron chi connectivity index (χ3n) is 3.15. The molecule has 0 atom stereocenters. The Bertz CT molecular complexity index is 363. The van der Waals surface area contributed by atoms with E-state index in [4.69, 9.17) is 0 Å².